The number of nitrogens with one attached hydrogen (secondary N) is 1. The van der Waals surface area contributed by atoms with E-state index in [2.05, 4.69) is 10.3 Å². The second-order valence-electron chi connectivity index (χ2n) is 4.66. The Morgan fingerprint density at radius 3 is 3.04 bits per heavy atom. The molecule has 7 heteroatoms. The van der Waals surface area contributed by atoms with Crippen molar-refractivity contribution in [1.29, 1.82) is 0 Å². The fourth-order valence-corrected chi connectivity index (χ4v) is 2.76. The normalized spacial score (nSPS) is 10.7. The SMILES string of the molecule is COc1cccc(NC(=O)CSc2nc3ccc(Cl)cc3o2)c1. The number of amides is 1. The number of thioether (sulfide) groups is 1. The Hall–Kier alpha value is -2.18. The van der Waals surface area contributed by atoms with Gasteiger partial charge in [-0.05, 0) is 24.3 Å². The molecule has 23 heavy (non-hydrogen) atoms. The average molecular weight is 349 g/mol. The van der Waals surface area contributed by atoms with Crippen molar-refractivity contribution < 1.29 is 13.9 Å². The van der Waals surface area contributed by atoms with E-state index in [1.54, 1.807) is 37.4 Å². The van der Waals surface area contributed by atoms with Gasteiger partial charge in [0.05, 0.1) is 12.9 Å². The maximum absolute atomic E-state index is 12.0. The summed E-state index contributed by atoms with van der Waals surface area (Å²) in [6, 6.07) is 12.4. The van der Waals surface area contributed by atoms with Crippen LogP contribution in [0.3, 0.4) is 0 Å². The Morgan fingerprint density at radius 1 is 1.35 bits per heavy atom. The van der Waals surface area contributed by atoms with Crippen LogP contribution in [0.25, 0.3) is 11.1 Å². The Bertz CT molecular complexity index is 850. The van der Waals surface area contributed by atoms with Crippen molar-refractivity contribution in [2.75, 3.05) is 18.2 Å². The molecule has 0 unspecified atom stereocenters. The molecule has 1 amide bonds. The predicted octanol–water partition coefficient (Wildman–Crippen LogP) is 4.22. The van der Waals surface area contributed by atoms with E-state index >= 15 is 0 Å². The highest BCUT2D eigenvalue weighted by atomic mass is 35.5. The van der Waals surface area contributed by atoms with Crippen LogP contribution in [0.4, 0.5) is 5.69 Å². The van der Waals surface area contributed by atoms with Crippen molar-refractivity contribution in [3.8, 4) is 5.75 Å². The highest BCUT2D eigenvalue weighted by molar-refractivity contribution is 7.99. The van der Waals surface area contributed by atoms with Crippen molar-refractivity contribution >= 4 is 46.1 Å². The zero-order valence-corrected chi connectivity index (χ0v) is 13.8. The number of anilines is 1. The number of methoxy groups -OCH3 is 1. The molecule has 0 fully saturated rings. The first-order chi connectivity index (χ1) is 11.1. The first-order valence-electron chi connectivity index (χ1n) is 6.77. The summed E-state index contributed by atoms with van der Waals surface area (Å²) in [5.41, 5.74) is 2.00. The highest BCUT2D eigenvalue weighted by Crippen LogP contribution is 2.26. The molecule has 0 aliphatic heterocycles. The number of oxazole rings is 1. The monoisotopic (exact) mass is 348 g/mol. The molecule has 3 rings (SSSR count). The van der Waals surface area contributed by atoms with Gasteiger partial charge >= 0.3 is 0 Å². The number of hydrogen-bond acceptors (Lipinski definition) is 5. The minimum atomic E-state index is -0.149. The van der Waals surface area contributed by atoms with Gasteiger partial charge < -0.3 is 14.5 Å². The van der Waals surface area contributed by atoms with Crippen LogP contribution in [0.5, 0.6) is 5.75 Å². The van der Waals surface area contributed by atoms with Crippen LogP contribution >= 0.6 is 23.4 Å². The number of aromatic nitrogens is 1. The number of fused-ring (bicyclic) bond motifs is 1. The molecule has 0 bridgehead atoms. The molecule has 2 aromatic carbocycles. The van der Waals surface area contributed by atoms with Crippen molar-refractivity contribution in [1.82, 2.24) is 4.98 Å². The minimum Gasteiger partial charge on any atom is -0.497 e. The summed E-state index contributed by atoms with van der Waals surface area (Å²) < 4.78 is 10.7. The van der Waals surface area contributed by atoms with Gasteiger partial charge in [-0.15, -0.1) is 0 Å². The number of carbonyl (C=O) groups excluding carboxylic acids is 1. The van der Waals surface area contributed by atoms with Crippen molar-refractivity contribution in [3.05, 3.63) is 47.5 Å². The van der Waals surface area contributed by atoms with Crippen molar-refractivity contribution in [3.63, 3.8) is 0 Å². The van der Waals surface area contributed by atoms with E-state index < -0.39 is 0 Å². The smallest absolute Gasteiger partial charge is 0.257 e. The molecular formula is C16H13ClN2O3S. The summed E-state index contributed by atoms with van der Waals surface area (Å²) >= 11 is 7.13. The summed E-state index contributed by atoms with van der Waals surface area (Å²) in [6.07, 6.45) is 0. The quantitative estimate of drug-likeness (QED) is 0.699. The molecule has 0 aliphatic carbocycles. The van der Waals surface area contributed by atoms with Crippen LogP contribution in [-0.2, 0) is 4.79 Å². The van der Waals surface area contributed by atoms with Gasteiger partial charge in [-0.25, -0.2) is 4.98 Å². The molecule has 5 nitrogen and oxygen atoms in total. The van der Waals surface area contributed by atoms with Crippen LogP contribution < -0.4 is 10.1 Å². The van der Waals surface area contributed by atoms with Crippen LogP contribution in [0.2, 0.25) is 5.02 Å². The second kappa shape index (κ2) is 6.93. The highest BCUT2D eigenvalue weighted by Gasteiger charge is 2.10. The molecule has 1 N–H and O–H groups in total. The number of carbonyl (C=O) groups is 1. The Balaban J connectivity index is 1.61. The molecule has 0 aliphatic rings. The zero-order chi connectivity index (χ0) is 16.2. The summed E-state index contributed by atoms with van der Waals surface area (Å²) in [4.78, 5) is 16.3. The van der Waals surface area contributed by atoms with Crippen molar-refractivity contribution in [2.45, 2.75) is 5.22 Å². The molecular weight excluding hydrogens is 336 g/mol. The lowest BCUT2D eigenvalue weighted by Gasteiger charge is -2.05. The van der Waals surface area contributed by atoms with E-state index in [-0.39, 0.29) is 11.7 Å². The number of benzene rings is 2. The molecule has 0 saturated carbocycles. The van der Waals surface area contributed by atoms with Gasteiger partial charge in [0.15, 0.2) is 5.58 Å². The lowest BCUT2D eigenvalue weighted by atomic mass is 10.3. The lowest BCUT2D eigenvalue weighted by Crippen LogP contribution is -2.13. The van der Waals surface area contributed by atoms with Crippen molar-refractivity contribution in [2.24, 2.45) is 0 Å². The summed E-state index contributed by atoms with van der Waals surface area (Å²) in [6.45, 7) is 0. The molecule has 0 atom stereocenters. The summed E-state index contributed by atoms with van der Waals surface area (Å²) in [5.74, 6) is 0.729. The zero-order valence-electron chi connectivity index (χ0n) is 12.2. The molecule has 1 heterocycles. The van der Waals surface area contributed by atoms with E-state index in [1.165, 1.54) is 11.8 Å². The average Bonchev–Trinajstić information content (AvgIpc) is 2.95. The standard InChI is InChI=1S/C16H13ClN2O3S/c1-21-12-4-2-3-11(8-12)18-15(20)9-23-16-19-13-6-5-10(17)7-14(13)22-16/h2-8H,9H2,1H3,(H,18,20). The molecule has 118 valence electrons. The van der Waals surface area contributed by atoms with E-state index in [4.69, 9.17) is 20.8 Å². The molecule has 0 radical (unpaired) electrons. The summed E-state index contributed by atoms with van der Waals surface area (Å²) in [7, 11) is 1.58. The van der Waals surface area contributed by atoms with E-state index in [1.807, 2.05) is 12.1 Å². The number of hydrogen-bond donors (Lipinski definition) is 1. The maximum atomic E-state index is 12.0. The van der Waals surface area contributed by atoms with Gasteiger partial charge in [0, 0.05) is 22.8 Å². The van der Waals surface area contributed by atoms with Gasteiger partial charge in [-0.3, -0.25) is 4.79 Å². The van der Waals surface area contributed by atoms with Gasteiger partial charge in [0.25, 0.3) is 5.22 Å². The first kappa shape index (κ1) is 15.7. The van der Waals surface area contributed by atoms with Crippen LogP contribution in [-0.4, -0.2) is 23.8 Å². The summed E-state index contributed by atoms with van der Waals surface area (Å²) in [5, 5.41) is 3.82. The van der Waals surface area contributed by atoms with E-state index in [9.17, 15) is 4.79 Å². The van der Waals surface area contributed by atoms with Gasteiger partial charge in [0.2, 0.25) is 5.91 Å². The van der Waals surface area contributed by atoms with Crippen LogP contribution in [0.1, 0.15) is 0 Å². The number of rotatable bonds is 5. The second-order valence-corrected chi connectivity index (χ2v) is 6.02. The van der Waals surface area contributed by atoms with Gasteiger partial charge in [-0.1, -0.05) is 29.4 Å². The van der Waals surface area contributed by atoms with Crippen LogP contribution in [0.15, 0.2) is 52.1 Å². The fourth-order valence-electron chi connectivity index (χ4n) is 1.96. The first-order valence-corrected chi connectivity index (χ1v) is 8.13. The number of ether oxygens (including phenoxy) is 1. The van der Waals surface area contributed by atoms with Crippen LogP contribution in [0, 0.1) is 0 Å². The molecule has 0 spiro atoms. The van der Waals surface area contributed by atoms with E-state index in [0.717, 1.165) is 0 Å². The third-order valence-electron chi connectivity index (χ3n) is 3.01. The third-order valence-corrected chi connectivity index (χ3v) is 4.07. The molecule has 1 aromatic heterocycles. The Morgan fingerprint density at radius 2 is 2.22 bits per heavy atom. The number of nitrogens with zero attached hydrogens (tertiary/aromatic N) is 1. The number of halogens is 1. The Labute approximate surface area is 142 Å². The lowest BCUT2D eigenvalue weighted by molar-refractivity contribution is -0.113. The maximum Gasteiger partial charge on any atom is 0.257 e. The molecule has 0 saturated heterocycles. The van der Waals surface area contributed by atoms with Gasteiger partial charge in [0.1, 0.15) is 11.3 Å². The van der Waals surface area contributed by atoms with Gasteiger partial charge in [-0.2, -0.15) is 0 Å². The fraction of sp³-hybridized carbons (Fsp3) is 0.125. The Kier molecular flexibility index (Phi) is 4.73. The predicted molar refractivity (Wildman–Crippen MR) is 91.4 cm³/mol. The third kappa shape index (κ3) is 3.97. The largest absolute Gasteiger partial charge is 0.497 e. The molecule has 3 aromatic rings. The topological polar surface area (TPSA) is 64.4 Å². The minimum absolute atomic E-state index is 0.149. The van der Waals surface area contributed by atoms with E-state index in [0.29, 0.717) is 32.8 Å².